The molecule has 3 rings (SSSR count). The van der Waals surface area contributed by atoms with Gasteiger partial charge >= 0.3 is 5.97 Å². The molecule has 3 aromatic rings. The summed E-state index contributed by atoms with van der Waals surface area (Å²) in [5.74, 6) is 0.0951. The zero-order valence-corrected chi connectivity index (χ0v) is 18.3. The summed E-state index contributed by atoms with van der Waals surface area (Å²) < 4.78 is 36.6. The summed E-state index contributed by atoms with van der Waals surface area (Å²) in [5, 5.41) is 0. The summed E-state index contributed by atoms with van der Waals surface area (Å²) in [6.45, 7) is -0.272. The van der Waals surface area contributed by atoms with Crippen LogP contribution in [0.15, 0.2) is 83.8 Å². The van der Waals surface area contributed by atoms with E-state index in [4.69, 9.17) is 9.47 Å². The van der Waals surface area contributed by atoms with Crippen molar-refractivity contribution in [1.82, 2.24) is 4.31 Å². The lowest BCUT2D eigenvalue weighted by Gasteiger charge is -2.13. The number of benzene rings is 3. The van der Waals surface area contributed by atoms with Crippen LogP contribution in [0.4, 0.5) is 0 Å². The summed E-state index contributed by atoms with van der Waals surface area (Å²) in [6.07, 6.45) is 0.694. The van der Waals surface area contributed by atoms with E-state index >= 15 is 0 Å². The van der Waals surface area contributed by atoms with Gasteiger partial charge in [0.25, 0.3) is 0 Å². The average Bonchev–Trinajstić information content (AvgIpc) is 2.78. The van der Waals surface area contributed by atoms with Crippen LogP contribution in [0.1, 0.15) is 16.7 Å². The van der Waals surface area contributed by atoms with Crippen molar-refractivity contribution < 1.29 is 22.7 Å². The fraction of sp³-hybridized carbons (Fsp3) is 0.208. The smallest absolute Gasteiger partial charge is 0.344 e. The van der Waals surface area contributed by atoms with E-state index in [0.717, 1.165) is 15.4 Å². The number of carbonyl (C=O) groups is 1. The highest BCUT2D eigenvalue weighted by Gasteiger charge is 2.17. The summed E-state index contributed by atoms with van der Waals surface area (Å²) in [7, 11) is -0.612. The van der Waals surface area contributed by atoms with Gasteiger partial charge in [-0.25, -0.2) is 17.5 Å². The number of para-hydroxylation sites is 1. The lowest BCUT2D eigenvalue weighted by molar-refractivity contribution is -0.147. The molecular formula is C24H25NO5S. The molecule has 0 aliphatic rings. The number of hydrogen-bond donors (Lipinski definition) is 0. The van der Waals surface area contributed by atoms with E-state index in [0.29, 0.717) is 17.7 Å². The first-order chi connectivity index (χ1) is 14.9. The van der Waals surface area contributed by atoms with Crippen LogP contribution >= 0.6 is 0 Å². The number of hydrogen-bond acceptors (Lipinski definition) is 5. The minimum Gasteiger partial charge on any atom is -0.482 e. The zero-order valence-electron chi connectivity index (χ0n) is 17.5. The number of nitrogens with zero attached hydrogens (tertiary/aromatic N) is 1. The highest BCUT2D eigenvalue weighted by Crippen LogP contribution is 2.21. The van der Waals surface area contributed by atoms with Gasteiger partial charge in [-0.2, -0.15) is 0 Å². The van der Waals surface area contributed by atoms with Crippen LogP contribution in [0, 0.1) is 0 Å². The minimum absolute atomic E-state index is 0.0371. The van der Waals surface area contributed by atoms with Crippen molar-refractivity contribution >= 4 is 16.0 Å². The third-order valence-corrected chi connectivity index (χ3v) is 6.44. The second-order valence-corrected chi connectivity index (χ2v) is 9.31. The normalized spacial score (nSPS) is 11.3. The predicted molar refractivity (Wildman–Crippen MR) is 118 cm³/mol. The maximum absolute atomic E-state index is 12.2. The minimum atomic E-state index is -3.55. The van der Waals surface area contributed by atoms with Gasteiger partial charge in [-0.1, -0.05) is 60.7 Å². The van der Waals surface area contributed by atoms with E-state index < -0.39 is 16.0 Å². The van der Waals surface area contributed by atoms with Crippen molar-refractivity contribution in [3.05, 3.63) is 95.6 Å². The molecule has 0 aliphatic carbocycles. The molecule has 7 heteroatoms. The first kappa shape index (κ1) is 22.5. The lowest BCUT2D eigenvalue weighted by atomic mass is 10.0. The van der Waals surface area contributed by atoms with E-state index in [1.54, 1.807) is 12.1 Å². The van der Waals surface area contributed by atoms with Gasteiger partial charge in [-0.3, -0.25) is 0 Å². The van der Waals surface area contributed by atoms with E-state index in [1.807, 2.05) is 54.6 Å². The summed E-state index contributed by atoms with van der Waals surface area (Å²) >= 11 is 0. The van der Waals surface area contributed by atoms with Crippen LogP contribution in [0.5, 0.6) is 5.75 Å². The van der Waals surface area contributed by atoms with Gasteiger partial charge in [0.1, 0.15) is 12.4 Å². The SMILES string of the molecule is CN(C)S(=O)(=O)c1cccc(COC(=O)COc2ccccc2Cc2ccccc2)c1. The van der Waals surface area contributed by atoms with Crippen LogP contribution in [-0.4, -0.2) is 39.4 Å². The lowest BCUT2D eigenvalue weighted by Crippen LogP contribution is -2.22. The quantitative estimate of drug-likeness (QED) is 0.476. The van der Waals surface area contributed by atoms with Crippen molar-refractivity contribution in [2.24, 2.45) is 0 Å². The van der Waals surface area contributed by atoms with Gasteiger partial charge in [0.2, 0.25) is 10.0 Å². The van der Waals surface area contributed by atoms with Crippen LogP contribution in [-0.2, 0) is 32.6 Å². The van der Waals surface area contributed by atoms with Crippen molar-refractivity contribution in [2.45, 2.75) is 17.9 Å². The number of sulfonamides is 1. The summed E-state index contributed by atoms with van der Waals surface area (Å²) in [6, 6.07) is 23.9. The standard InChI is InChI=1S/C24H25NO5S/c1-25(2)31(27,28)22-13-8-11-20(16-22)17-30-24(26)18-29-23-14-7-6-12-21(23)15-19-9-4-3-5-10-19/h3-14,16H,15,17-18H2,1-2H3. The molecule has 31 heavy (non-hydrogen) atoms. The molecule has 0 atom stereocenters. The van der Waals surface area contributed by atoms with Gasteiger partial charge in [0.15, 0.2) is 6.61 Å². The van der Waals surface area contributed by atoms with Gasteiger partial charge < -0.3 is 9.47 Å². The van der Waals surface area contributed by atoms with E-state index in [-0.39, 0.29) is 18.1 Å². The number of ether oxygens (including phenoxy) is 2. The first-order valence-electron chi connectivity index (χ1n) is 9.78. The highest BCUT2D eigenvalue weighted by atomic mass is 32.2. The Labute approximate surface area is 183 Å². The Morgan fingerprint density at radius 1 is 0.871 bits per heavy atom. The second kappa shape index (κ2) is 10.2. The van der Waals surface area contributed by atoms with E-state index in [9.17, 15) is 13.2 Å². The van der Waals surface area contributed by atoms with Crippen molar-refractivity contribution in [1.29, 1.82) is 0 Å². The maximum Gasteiger partial charge on any atom is 0.344 e. The topological polar surface area (TPSA) is 72.9 Å². The summed E-state index contributed by atoms with van der Waals surface area (Å²) in [5.41, 5.74) is 2.71. The number of esters is 1. The molecule has 0 radical (unpaired) electrons. The Morgan fingerprint density at radius 2 is 1.55 bits per heavy atom. The fourth-order valence-electron chi connectivity index (χ4n) is 2.96. The Morgan fingerprint density at radius 3 is 2.29 bits per heavy atom. The van der Waals surface area contributed by atoms with Crippen LogP contribution in [0.3, 0.4) is 0 Å². The molecular weight excluding hydrogens is 414 g/mol. The highest BCUT2D eigenvalue weighted by molar-refractivity contribution is 7.89. The maximum atomic E-state index is 12.2. The van der Waals surface area contributed by atoms with E-state index in [2.05, 4.69) is 0 Å². The second-order valence-electron chi connectivity index (χ2n) is 7.15. The third-order valence-electron chi connectivity index (χ3n) is 4.63. The molecule has 0 amide bonds. The van der Waals surface area contributed by atoms with Crippen LogP contribution in [0.25, 0.3) is 0 Å². The monoisotopic (exact) mass is 439 g/mol. The molecule has 0 bridgehead atoms. The third kappa shape index (κ3) is 6.16. The van der Waals surface area contributed by atoms with Crippen LogP contribution < -0.4 is 4.74 Å². The summed E-state index contributed by atoms with van der Waals surface area (Å²) in [4.78, 5) is 12.3. The van der Waals surface area contributed by atoms with Crippen molar-refractivity contribution in [3.63, 3.8) is 0 Å². The molecule has 0 N–H and O–H groups in total. The van der Waals surface area contributed by atoms with Crippen molar-refractivity contribution in [3.8, 4) is 5.75 Å². The molecule has 0 aliphatic heterocycles. The van der Waals surface area contributed by atoms with E-state index in [1.165, 1.54) is 26.2 Å². The van der Waals surface area contributed by atoms with Crippen molar-refractivity contribution in [2.75, 3.05) is 20.7 Å². The van der Waals surface area contributed by atoms with Gasteiger partial charge in [0, 0.05) is 20.5 Å². The first-order valence-corrected chi connectivity index (χ1v) is 11.2. The molecule has 0 heterocycles. The Hall–Kier alpha value is -3.16. The molecule has 0 saturated heterocycles. The van der Waals surface area contributed by atoms with Crippen LogP contribution in [0.2, 0.25) is 0 Å². The van der Waals surface area contributed by atoms with Gasteiger partial charge in [-0.15, -0.1) is 0 Å². The molecule has 0 unspecified atom stereocenters. The number of carbonyl (C=O) groups excluding carboxylic acids is 1. The fourth-order valence-corrected chi connectivity index (χ4v) is 3.93. The molecule has 6 nitrogen and oxygen atoms in total. The zero-order chi connectivity index (χ0) is 22.3. The molecule has 0 spiro atoms. The Bertz CT molecular complexity index is 1130. The predicted octanol–water partition coefficient (Wildman–Crippen LogP) is 3.65. The Kier molecular flexibility index (Phi) is 7.44. The average molecular weight is 440 g/mol. The Balaban J connectivity index is 1.57. The van der Waals surface area contributed by atoms with Gasteiger partial charge in [-0.05, 0) is 34.9 Å². The largest absolute Gasteiger partial charge is 0.482 e. The molecule has 0 fully saturated rings. The molecule has 3 aromatic carbocycles. The molecule has 162 valence electrons. The number of rotatable bonds is 9. The molecule has 0 aromatic heterocycles. The molecule has 0 saturated carbocycles. The van der Waals surface area contributed by atoms with Gasteiger partial charge in [0.05, 0.1) is 4.90 Å².